The number of carbonyl (C=O) groups excluding carboxylic acids is 1. The summed E-state index contributed by atoms with van der Waals surface area (Å²) in [5.74, 6) is -1.03. The summed E-state index contributed by atoms with van der Waals surface area (Å²) in [5.41, 5.74) is 0.0579. The average molecular weight is 312 g/mol. The van der Waals surface area contributed by atoms with E-state index < -0.39 is 5.97 Å². The molecule has 1 aromatic heterocycles. The molecule has 21 heavy (non-hydrogen) atoms. The van der Waals surface area contributed by atoms with E-state index in [0.29, 0.717) is 30.6 Å². The summed E-state index contributed by atoms with van der Waals surface area (Å²) in [5, 5.41) is 16.5. The number of carbonyl (C=O) groups is 2. The van der Waals surface area contributed by atoms with E-state index in [-0.39, 0.29) is 11.7 Å². The van der Waals surface area contributed by atoms with Gasteiger partial charge in [0.05, 0.1) is 5.01 Å². The Kier molecular flexibility index (Phi) is 5.51. The van der Waals surface area contributed by atoms with Gasteiger partial charge in [0.25, 0.3) is 0 Å². The van der Waals surface area contributed by atoms with Crippen LogP contribution in [0.5, 0.6) is 0 Å². The fraction of sp³-hybridized carbons (Fsp3) is 0.615. The number of hydrogen-bond acceptors (Lipinski definition) is 5. The van der Waals surface area contributed by atoms with Gasteiger partial charge in [-0.1, -0.05) is 0 Å². The number of amides is 2. The summed E-state index contributed by atoms with van der Waals surface area (Å²) < 4.78 is 0. The van der Waals surface area contributed by atoms with Crippen LogP contribution in [-0.4, -0.2) is 59.7 Å². The van der Waals surface area contributed by atoms with Gasteiger partial charge in [0.2, 0.25) is 0 Å². The topological polar surface area (TPSA) is 94.6 Å². The van der Waals surface area contributed by atoms with Crippen molar-refractivity contribution in [2.45, 2.75) is 25.3 Å². The van der Waals surface area contributed by atoms with Gasteiger partial charge < -0.3 is 20.6 Å². The highest BCUT2D eigenvalue weighted by Crippen LogP contribution is 2.24. The Morgan fingerprint density at radius 1 is 1.43 bits per heavy atom. The Morgan fingerprint density at radius 2 is 2.14 bits per heavy atom. The molecule has 0 saturated heterocycles. The quantitative estimate of drug-likeness (QED) is 0.659. The van der Waals surface area contributed by atoms with Crippen molar-refractivity contribution in [1.82, 2.24) is 20.5 Å². The summed E-state index contributed by atoms with van der Waals surface area (Å²) in [7, 11) is 2.07. The first-order chi connectivity index (χ1) is 10.1. The Balaban J connectivity index is 1.56. The van der Waals surface area contributed by atoms with Gasteiger partial charge in [0, 0.05) is 37.5 Å². The summed E-state index contributed by atoms with van der Waals surface area (Å²) in [6, 6.07) is 0.498. The van der Waals surface area contributed by atoms with Crippen molar-refractivity contribution < 1.29 is 14.7 Å². The second kappa shape index (κ2) is 7.37. The van der Waals surface area contributed by atoms with E-state index in [2.05, 4.69) is 27.6 Å². The lowest BCUT2D eigenvalue weighted by atomic mass is 10.4. The van der Waals surface area contributed by atoms with Crippen LogP contribution in [0.1, 0.15) is 28.3 Å². The number of thiazole rings is 1. The lowest BCUT2D eigenvalue weighted by Gasteiger charge is -2.15. The van der Waals surface area contributed by atoms with Gasteiger partial charge in [-0.15, -0.1) is 11.3 Å². The molecule has 0 aliphatic heterocycles. The van der Waals surface area contributed by atoms with Crippen molar-refractivity contribution in [2.24, 2.45) is 0 Å². The molecule has 0 atom stereocenters. The summed E-state index contributed by atoms with van der Waals surface area (Å²) in [6.45, 7) is 1.92. The zero-order chi connectivity index (χ0) is 15.2. The number of carboxylic acids is 1. The number of likely N-dealkylation sites (N-methyl/N-ethyl adjacent to an activating group) is 1. The van der Waals surface area contributed by atoms with Gasteiger partial charge in [-0.2, -0.15) is 0 Å². The Morgan fingerprint density at radius 3 is 2.76 bits per heavy atom. The maximum absolute atomic E-state index is 11.6. The van der Waals surface area contributed by atoms with Crippen LogP contribution in [0.4, 0.5) is 4.79 Å². The highest BCUT2D eigenvalue weighted by Gasteiger charge is 2.25. The summed E-state index contributed by atoms with van der Waals surface area (Å²) in [4.78, 5) is 28.5. The fourth-order valence-corrected chi connectivity index (χ4v) is 2.69. The van der Waals surface area contributed by atoms with Crippen molar-refractivity contribution in [3.05, 3.63) is 16.1 Å². The molecule has 1 heterocycles. The first-order valence-electron chi connectivity index (χ1n) is 6.96. The maximum Gasteiger partial charge on any atom is 0.355 e. The van der Waals surface area contributed by atoms with Crippen molar-refractivity contribution in [3.63, 3.8) is 0 Å². The molecule has 1 saturated carbocycles. The van der Waals surface area contributed by atoms with E-state index in [1.54, 1.807) is 0 Å². The van der Waals surface area contributed by atoms with Crippen LogP contribution in [0.15, 0.2) is 5.38 Å². The number of carboxylic acid groups (broad SMARTS) is 1. The third-order valence-corrected chi connectivity index (χ3v) is 4.22. The molecule has 1 aliphatic rings. The van der Waals surface area contributed by atoms with Crippen LogP contribution >= 0.6 is 11.3 Å². The molecule has 3 N–H and O–H groups in total. The number of nitrogens with one attached hydrogen (secondary N) is 2. The van der Waals surface area contributed by atoms with Crippen molar-refractivity contribution >= 4 is 23.3 Å². The van der Waals surface area contributed by atoms with E-state index >= 15 is 0 Å². The molecule has 0 spiro atoms. The van der Waals surface area contributed by atoms with E-state index in [0.717, 1.165) is 6.54 Å². The molecule has 1 fully saturated rings. The van der Waals surface area contributed by atoms with Gasteiger partial charge in [0.1, 0.15) is 0 Å². The monoisotopic (exact) mass is 312 g/mol. The smallest absolute Gasteiger partial charge is 0.355 e. The van der Waals surface area contributed by atoms with Gasteiger partial charge >= 0.3 is 12.0 Å². The molecule has 0 bridgehead atoms. The predicted octanol–water partition coefficient (Wildman–Crippen LogP) is 0.777. The van der Waals surface area contributed by atoms with Gasteiger partial charge in [0.15, 0.2) is 5.69 Å². The van der Waals surface area contributed by atoms with Crippen LogP contribution in [0, 0.1) is 0 Å². The fourth-order valence-electron chi connectivity index (χ4n) is 1.91. The average Bonchev–Trinajstić information content (AvgIpc) is 3.18. The minimum atomic E-state index is -1.03. The SMILES string of the molecule is CN(CCNC(=O)NCCc1nc(C(=O)O)cs1)C1CC1. The molecule has 0 radical (unpaired) electrons. The van der Waals surface area contributed by atoms with Crippen LogP contribution in [0.25, 0.3) is 0 Å². The van der Waals surface area contributed by atoms with Gasteiger partial charge in [-0.3, -0.25) is 0 Å². The first kappa shape index (κ1) is 15.7. The van der Waals surface area contributed by atoms with E-state index in [1.165, 1.54) is 29.6 Å². The van der Waals surface area contributed by atoms with Crippen LogP contribution in [-0.2, 0) is 6.42 Å². The lowest BCUT2D eigenvalue weighted by molar-refractivity contribution is 0.0691. The van der Waals surface area contributed by atoms with Gasteiger partial charge in [-0.05, 0) is 19.9 Å². The zero-order valence-corrected chi connectivity index (χ0v) is 12.8. The molecule has 116 valence electrons. The highest BCUT2D eigenvalue weighted by molar-refractivity contribution is 7.09. The van der Waals surface area contributed by atoms with E-state index in [9.17, 15) is 9.59 Å². The Labute approximate surface area is 127 Å². The molecular formula is C13H20N4O3S. The van der Waals surface area contributed by atoms with Crippen molar-refractivity contribution in [1.29, 1.82) is 0 Å². The predicted molar refractivity (Wildman–Crippen MR) is 79.8 cm³/mol. The molecular weight excluding hydrogens is 292 g/mol. The third kappa shape index (κ3) is 5.31. The summed E-state index contributed by atoms with van der Waals surface area (Å²) in [6.07, 6.45) is 3.05. The van der Waals surface area contributed by atoms with Crippen LogP contribution in [0.2, 0.25) is 0 Å². The molecule has 2 amide bonds. The second-order valence-electron chi connectivity index (χ2n) is 5.08. The number of aromatic nitrogens is 1. The molecule has 7 nitrogen and oxygen atoms in total. The first-order valence-corrected chi connectivity index (χ1v) is 7.84. The van der Waals surface area contributed by atoms with E-state index in [1.807, 2.05) is 0 Å². The maximum atomic E-state index is 11.6. The molecule has 1 aromatic rings. The zero-order valence-electron chi connectivity index (χ0n) is 12.0. The van der Waals surface area contributed by atoms with Crippen LogP contribution < -0.4 is 10.6 Å². The molecule has 0 unspecified atom stereocenters. The number of rotatable bonds is 8. The van der Waals surface area contributed by atoms with E-state index in [4.69, 9.17) is 5.11 Å². The third-order valence-electron chi connectivity index (χ3n) is 3.32. The number of aromatic carboxylic acids is 1. The standard InChI is InChI=1S/C13H20N4O3S/c1-17(9-2-3-9)7-6-15-13(20)14-5-4-11-16-10(8-21-11)12(18)19/h8-9H,2-7H2,1H3,(H,18,19)(H2,14,15,20). The lowest BCUT2D eigenvalue weighted by Crippen LogP contribution is -2.40. The Bertz CT molecular complexity index is 501. The molecule has 8 heteroatoms. The highest BCUT2D eigenvalue weighted by atomic mass is 32.1. The number of hydrogen-bond donors (Lipinski definition) is 3. The minimum absolute atomic E-state index is 0.0579. The minimum Gasteiger partial charge on any atom is -0.476 e. The largest absolute Gasteiger partial charge is 0.476 e. The van der Waals surface area contributed by atoms with Gasteiger partial charge in [-0.25, -0.2) is 14.6 Å². The molecule has 0 aromatic carbocycles. The van der Waals surface area contributed by atoms with Crippen molar-refractivity contribution in [2.75, 3.05) is 26.7 Å². The Hall–Kier alpha value is -1.67. The summed E-state index contributed by atoms with van der Waals surface area (Å²) >= 11 is 1.29. The van der Waals surface area contributed by atoms with Crippen molar-refractivity contribution in [3.8, 4) is 0 Å². The number of nitrogens with zero attached hydrogens (tertiary/aromatic N) is 2. The number of urea groups is 1. The molecule has 1 aliphatic carbocycles. The second-order valence-corrected chi connectivity index (χ2v) is 6.02. The normalized spacial score (nSPS) is 14.2. The van der Waals surface area contributed by atoms with Crippen LogP contribution in [0.3, 0.4) is 0 Å². The molecule has 2 rings (SSSR count).